The topological polar surface area (TPSA) is 84.0 Å². The Balaban J connectivity index is 1.35. The molecular formula is C38H33N3O5S. The van der Waals surface area contributed by atoms with Crippen molar-refractivity contribution >= 4 is 45.1 Å². The van der Waals surface area contributed by atoms with E-state index in [1.165, 1.54) is 41.0 Å². The second-order valence-electron chi connectivity index (χ2n) is 11.1. The van der Waals surface area contributed by atoms with E-state index in [-0.39, 0.29) is 11.1 Å². The fraction of sp³-hybridized carbons (Fsp3) is 0.184. The van der Waals surface area contributed by atoms with Gasteiger partial charge in [0.05, 0.1) is 36.5 Å². The summed E-state index contributed by atoms with van der Waals surface area (Å²) in [7, 11) is 1.32. The fourth-order valence-electron chi connectivity index (χ4n) is 6.26. The third kappa shape index (κ3) is 5.53. The highest BCUT2D eigenvalue weighted by Gasteiger charge is 2.31. The zero-order chi connectivity index (χ0) is 32.5. The highest BCUT2D eigenvalue weighted by Crippen LogP contribution is 2.35. The second kappa shape index (κ2) is 12.8. The van der Waals surface area contributed by atoms with Crippen LogP contribution in [0.15, 0.2) is 113 Å². The zero-order valence-electron chi connectivity index (χ0n) is 26.3. The van der Waals surface area contributed by atoms with Crippen molar-refractivity contribution in [2.75, 3.05) is 20.3 Å². The summed E-state index contributed by atoms with van der Waals surface area (Å²) >= 11 is 1.29. The summed E-state index contributed by atoms with van der Waals surface area (Å²) in [6.45, 7) is 5.38. The summed E-state index contributed by atoms with van der Waals surface area (Å²) in [5.74, 6) is 0.569. The SMILES string of the molecule is CCOc1ccc([C@@H]2C(C(=O)OC)=CN=c3s/c(=C/c4cn(Cc5cccc6ccccc56)c5ccccc45)c(=O)n32)cc1OCC. The number of methoxy groups -OCH3 is 1. The number of thiazole rings is 1. The van der Waals surface area contributed by atoms with Gasteiger partial charge in [0.25, 0.3) is 5.56 Å². The van der Waals surface area contributed by atoms with Crippen LogP contribution in [0.1, 0.15) is 36.6 Å². The number of para-hydroxylation sites is 1. The van der Waals surface area contributed by atoms with Crippen LogP contribution in [0.3, 0.4) is 0 Å². The number of aromatic nitrogens is 2. The number of ether oxygens (including phenoxy) is 3. The van der Waals surface area contributed by atoms with Crippen LogP contribution in [0.4, 0.5) is 0 Å². The first kappa shape index (κ1) is 30.3. The number of nitrogens with zero attached hydrogens (tertiary/aromatic N) is 3. The van der Waals surface area contributed by atoms with Gasteiger partial charge in [0.2, 0.25) is 0 Å². The maximum atomic E-state index is 14.3. The first-order valence-electron chi connectivity index (χ1n) is 15.5. The Labute approximate surface area is 275 Å². The largest absolute Gasteiger partial charge is 0.490 e. The van der Waals surface area contributed by atoms with Gasteiger partial charge in [-0.25, -0.2) is 9.79 Å². The predicted octanol–water partition coefficient (Wildman–Crippen LogP) is 5.97. The molecule has 0 bridgehead atoms. The minimum atomic E-state index is -0.761. The van der Waals surface area contributed by atoms with Gasteiger partial charge in [0.1, 0.15) is 0 Å². The van der Waals surface area contributed by atoms with Crippen molar-refractivity contribution in [2.24, 2.45) is 4.99 Å². The monoisotopic (exact) mass is 643 g/mol. The number of hydrogen-bond acceptors (Lipinski definition) is 7. The van der Waals surface area contributed by atoms with Crippen molar-refractivity contribution in [1.29, 1.82) is 0 Å². The number of carbonyl (C=O) groups is 1. The molecule has 3 heterocycles. The first-order chi connectivity index (χ1) is 23.0. The van der Waals surface area contributed by atoms with Crippen LogP contribution in [0.5, 0.6) is 11.5 Å². The summed E-state index contributed by atoms with van der Waals surface area (Å²) in [5, 5.41) is 3.45. The predicted molar refractivity (Wildman–Crippen MR) is 185 cm³/mol. The Morgan fingerprint density at radius 1 is 0.915 bits per heavy atom. The summed E-state index contributed by atoms with van der Waals surface area (Å²) in [6, 6.07) is 27.7. The van der Waals surface area contributed by atoms with Crippen molar-refractivity contribution < 1.29 is 19.0 Å². The maximum absolute atomic E-state index is 14.3. The smallest absolute Gasteiger partial charge is 0.337 e. The van der Waals surface area contributed by atoms with E-state index in [4.69, 9.17) is 14.2 Å². The minimum absolute atomic E-state index is 0.244. The molecule has 1 aliphatic heterocycles. The van der Waals surface area contributed by atoms with Crippen LogP contribution in [0.25, 0.3) is 27.8 Å². The van der Waals surface area contributed by atoms with Gasteiger partial charge in [-0.15, -0.1) is 0 Å². The number of fused-ring (bicyclic) bond motifs is 3. The molecule has 7 rings (SSSR count). The normalized spacial score (nSPS) is 14.5. The lowest BCUT2D eigenvalue weighted by Gasteiger charge is -2.23. The van der Waals surface area contributed by atoms with Crippen LogP contribution in [0, 0.1) is 0 Å². The average molecular weight is 644 g/mol. The van der Waals surface area contributed by atoms with E-state index in [9.17, 15) is 9.59 Å². The lowest BCUT2D eigenvalue weighted by atomic mass is 9.97. The summed E-state index contributed by atoms with van der Waals surface area (Å²) in [6.07, 6.45) is 5.52. The molecule has 0 amide bonds. The van der Waals surface area contributed by atoms with Gasteiger partial charge in [-0.3, -0.25) is 9.36 Å². The van der Waals surface area contributed by atoms with Crippen molar-refractivity contribution in [3.05, 3.63) is 139 Å². The fourth-order valence-corrected chi connectivity index (χ4v) is 7.22. The molecule has 0 unspecified atom stereocenters. The first-order valence-corrected chi connectivity index (χ1v) is 16.4. The third-order valence-electron chi connectivity index (χ3n) is 8.33. The van der Waals surface area contributed by atoms with E-state index < -0.39 is 12.0 Å². The van der Waals surface area contributed by atoms with Crippen LogP contribution in [0.2, 0.25) is 0 Å². The third-order valence-corrected chi connectivity index (χ3v) is 9.33. The van der Waals surface area contributed by atoms with Crippen molar-refractivity contribution in [3.63, 3.8) is 0 Å². The van der Waals surface area contributed by atoms with E-state index in [2.05, 4.69) is 70.4 Å². The lowest BCUT2D eigenvalue weighted by Crippen LogP contribution is -2.39. The van der Waals surface area contributed by atoms with E-state index in [0.717, 1.165) is 16.5 Å². The summed E-state index contributed by atoms with van der Waals surface area (Å²) < 4.78 is 21.1. The highest BCUT2D eigenvalue weighted by molar-refractivity contribution is 7.07. The molecule has 0 saturated carbocycles. The molecule has 1 aliphatic rings. The van der Waals surface area contributed by atoms with Gasteiger partial charge in [0, 0.05) is 35.4 Å². The summed E-state index contributed by atoms with van der Waals surface area (Å²) in [4.78, 5) is 32.3. The van der Waals surface area contributed by atoms with Crippen LogP contribution >= 0.6 is 11.3 Å². The van der Waals surface area contributed by atoms with Gasteiger partial charge in [-0.2, -0.15) is 0 Å². The molecule has 0 radical (unpaired) electrons. The lowest BCUT2D eigenvalue weighted by molar-refractivity contribution is -0.136. The summed E-state index contributed by atoms with van der Waals surface area (Å²) in [5.41, 5.74) is 3.91. The maximum Gasteiger partial charge on any atom is 0.337 e. The molecule has 0 saturated heterocycles. The number of hydrogen-bond donors (Lipinski definition) is 0. The number of rotatable bonds is 9. The molecule has 0 aliphatic carbocycles. The quantitative estimate of drug-likeness (QED) is 0.181. The van der Waals surface area contributed by atoms with Crippen LogP contribution in [-0.2, 0) is 16.1 Å². The van der Waals surface area contributed by atoms with Gasteiger partial charge in [-0.05, 0) is 60.0 Å². The highest BCUT2D eigenvalue weighted by atomic mass is 32.1. The standard InChI is InChI=1S/C38H33N3O5S/c1-4-45-32-18-17-25(19-33(32)46-5-2)35-30(37(43)44-3)21-39-38-41(35)36(42)34(47-38)20-27-23-40(31-16-9-8-15-29(27)31)22-26-13-10-12-24-11-6-7-14-28(24)26/h6-21,23,35H,4-5,22H2,1-3H3/b34-20+/t35-/m1/s1. The van der Waals surface area contributed by atoms with Gasteiger partial charge in [0.15, 0.2) is 16.3 Å². The Hall–Kier alpha value is -5.41. The molecule has 8 nitrogen and oxygen atoms in total. The average Bonchev–Trinajstić information content (AvgIpc) is 3.61. The van der Waals surface area contributed by atoms with Gasteiger partial charge >= 0.3 is 5.97 Å². The van der Waals surface area contributed by atoms with Crippen molar-refractivity contribution in [1.82, 2.24) is 9.13 Å². The molecule has 9 heteroatoms. The number of benzene rings is 4. The molecule has 2 aromatic heterocycles. The van der Waals surface area contributed by atoms with Crippen molar-refractivity contribution in [3.8, 4) is 11.5 Å². The van der Waals surface area contributed by atoms with Crippen molar-refractivity contribution in [2.45, 2.75) is 26.4 Å². The molecule has 0 fully saturated rings. The van der Waals surface area contributed by atoms with Gasteiger partial charge < -0.3 is 18.8 Å². The van der Waals surface area contributed by atoms with E-state index in [1.54, 1.807) is 10.6 Å². The van der Waals surface area contributed by atoms with Gasteiger partial charge in [-0.1, -0.05) is 78.1 Å². The van der Waals surface area contributed by atoms with Crippen LogP contribution in [-0.4, -0.2) is 35.4 Å². The molecule has 236 valence electrons. The van der Waals surface area contributed by atoms with E-state index in [0.29, 0.717) is 46.2 Å². The van der Waals surface area contributed by atoms with Crippen LogP contribution < -0.4 is 24.4 Å². The molecule has 6 aromatic rings. The molecule has 1 atom stereocenters. The van der Waals surface area contributed by atoms with E-state index in [1.807, 2.05) is 44.2 Å². The molecule has 0 N–H and O–H groups in total. The molecule has 47 heavy (non-hydrogen) atoms. The number of esters is 1. The minimum Gasteiger partial charge on any atom is -0.490 e. The zero-order valence-corrected chi connectivity index (χ0v) is 27.1. The second-order valence-corrected chi connectivity index (χ2v) is 12.1. The Kier molecular flexibility index (Phi) is 8.22. The van der Waals surface area contributed by atoms with E-state index >= 15 is 0 Å². The Bertz CT molecular complexity index is 2360. The molecule has 4 aromatic carbocycles. The molecular weight excluding hydrogens is 611 g/mol. The Morgan fingerprint density at radius 2 is 1.66 bits per heavy atom. The number of carbonyl (C=O) groups excluding carboxylic acids is 1. The Morgan fingerprint density at radius 3 is 2.47 bits per heavy atom. The molecule has 0 spiro atoms.